The Morgan fingerprint density at radius 1 is 1.43 bits per heavy atom. The lowest BCUT2D eigenvalue weighted by atomic mass is 10.1. The summed E-state index contributed by atoms with van der Waals surface area (Å²) in [5.74, 6) is 0.953. The van der Waals surface area contributed by atoms with Gasteiger partial charge in [0, 0.05) is 37.8 Å². The molecule has 2 aliphatic heterocycles. The van der Waals surface area contributed by atoms with E-state index in [4.69, 9.17) is 21.1 Å². The molecule has 126 valence electrons. The molecule has 1 amide bonds. The summed E-state index contributed by atoms with van der Waals surface area (Å²) in [6.07, 6.45) is -0.368. The molecule has 0 radical (unpaired) electrons. The van der Waals surface area contributed by atoms with Gasteiger partial charge in [-0.3, -0.25) is 9.69 Å². The molecule has 2 heterocycles. The second-order valence-electron chi connectivity index (χ2n) is 6.14. The van der Waals surface area contributed by atoms with Crippen molar-refractivity contribution in [2.75, 3.05) is 33.0 Å². The average Bonchev–Trinajstić information content (AvgIpc) is 2.97. The fraction of sp³-hybridized carbons (Fsp3) is 0.562. The maximum Gasteiger partial charge on any atom is 0.254 e. The summed E-state index contributed by atoms with van der Waals surface area (Å²) in [7, 11) is 0. The van der Waals surface area contributed by atoms with Crippen LogP contribution in [0.25, 0.3) is 0 Å². The molecular formula is C16H21ClN2O4. The molecule has 0 spiro atoms. The van der Waals surface area contributed by atoms with Crippen molar-refractivity contribution in [2.45, 2.75) is 26.0 Å². The zero-order chi connectivity index (χ0) is 16.6. The third-order valence-electron chi connectivity index (χ3n) is 4.23. The Hall–Kier alpha value is -1.50. The zero-order valence-electron chi connectivity index (χ0n) is 13.3. The van der Waals surface area contributed by atoms with E-state index in [0.29, 0.717) is 41.7 Å². The number of rotatable bonds is 3. The van der Waals surface area contributed by atoms with E-state index >= 15 is 0 Å². The van der Waals surface area contributed by atoms with Crippen molar-refractivity contribution >= 4 is 17.5 Å². The summed E-state index contributed by atoms with van der Waals surface area (Å²) >= 11 is 6.16. The Morgan fingerprint density at radius 2 is 2.22 bits per heavy atom. The molecule has 0 aromatic heterocycles. The molecule has 6 nitrogen and oxygen atoms in total. The molecule has 1 aromatic carbocycles. The standard InChI is InChI=1S/C16H21ClN2O4/c1-10-7-19(4-3-18(10)8-11(2)20)16(21)12-5-13(17)15-14(6-12)22-9-23-15/h5-6,10-11,20H,3-4,7-9H2,1-2H3/t10-,11+/m1/s1. The van der Waals surface area contributed by atoms with Crippen LogP contribution in [-0.4, -0.2) is 65.9 Å². The minimum Gasteiger partial charge on any atom is -0.454 e. The first kappa shape index (κ1) is 16.4. The molecule has 1 N–H and O–H groups in total. The first-order valence-electron chi connectivity index (χ1n) is 7.76. The third-order valence-corrected chi connectivity index (χ3v) is 4.51. The van der Waals surface area contributed by atoms with Crippen LogP contribution in [0.3, 0.4) is 0 Å². The summed E-state index contributed by atoms with van der Waals surface area (Å²) in [5, 5.41) is 9.93. The van der Waals surface area contributed by atoms with Gasteiger partial charge in [0.25, 0.3) is 5.91 Å². The molecule has 0 bridgehead atoms. The van der Waals surface area contributed by atoms with E-state index in [9.17, 15) is 9.90 Å². The number of hydrogen-bond acceptors (Lipinski definition) is 5. The van der Waals surface area contributed by atoms with Gasteiger partial charge in [0.1, 0.15) is 0 Å². The molecule has 1 saturated heterocycles. The van der Waals surface area contributed by atoms with Gasteiger partial charge in [-0.25, -0.2) is 0 Å². The summed E-state index contributed by atoms with van der Waals surface area (Å²) in [6, 6.07) is 3.51. The van der Waals surface area contributed by atoms with Gasteiger partial charge in [0.2, 0.25) is 6.79 Å². The van der Waals surface area contributed by atoms with Gasteiger partial charge in [-0.2, -0.15) is 0 Å². The predicted octanol–water partition coefficient (Wildman–Crippen LogP) is 1.60. The maximum absolute atomic E-state index is 12.7. The Labute approximate surface area is 140 Å². The highest BCUT2D eigenvalue weighted by Gasteiger charge is 2.29. The monoisotopic (exact) mass is 340 g/mol. The highest BCUT2D eigenvalue weighted by Crippen LogP contribution is 2.40. The van der Waals surface area contributed by atoms with Crippen LogP contribution in [0.2, 0.25) is 5.02 Å². The first-order chi connectivity index (χ1) is 11.0. The topological polar surface area (TPSA) is 62.2 Å². The van der Waals surface area contributed by atoms with Crippen LogP contribution in [0.5, 0.6) is 11.5 Å². The number of carbonyl (C=O) groups excluding carboxylic acids is 1. The van der Waals surface area contributed by atoms with E-state index in [1.54, 1.807) is 19.1 Å². The lowest BCUT2D eigenvalue weighted by molar-refractivity contribution is 0.0365. The maximum atomic E-state index is 12.7. The van der Waals surface area contributed by atoms with E-state index in [1.165, 1.54) is 0 Å². The number of ether oxygens (including phenoxy) is 2. The highest BCUT2D eigenvalue weighted by molar-refractivity contribution is 6.32. The van der Waals surface area contributed by atoms with Gasteiger partial charge in [0.15, 0.2) is 11.5 Å². The van der Waals surface area contributed by atoms with Crippen molar-refractivity contribution in [3.8, 4) is 11.5 Å². The van der Waals surface area contributed by atoms with Gasteiger partial charge >= 0.3 is 0 Å². The van der Waals surface area contributed by atoms with Crippen LogP contribution < -0.4 is 9.47 Å². The van der Waals surface area contributed by atoms with E-state index in [1.807, 2.05) is 4.90 Å². The number of amides is 1. The van der Waals surface area contributed by atoms with Gasteiger partial charge in [-0.15, -0.1) is 0 Å². The quantitative estimate of drug-likeness (QED) is 0.905. The summed E-state index contributed by atoms with van der Waals surface area (Å²) in [6.45, 7) is 6.59. The fourth-order valence-corrected chi connectivity index (χ4v) is 3.33. The number of nitrogens with zero attached hydrogens (tertiary/aromatic N) is 2. The predicted molar refractivity (Wildman–Crippen MR) is 86.2 cm³/mol. The van der Waals surface area contributed by atoms with Gasteiger partial charge in [-0.1, -0.05) is 11.6 Å². The van der Waals surface area contributed by atoms with Crippen LogP contribution in [-0.2, 0) is 0 Å². The number of hydrogen-bond donors (Lipinski definition) is 1. The minimum atomic E-state index is -0.368. The number of halogens is 1. The number of β-amino-alcohol motifs (C(OH)–C–C–N with tert-alkyl or cyclic N) is 1. The number of piperazine rings is 1. The summed E-state index contributed by atoms with van der Waals surface area (Å²) < 4.78 is 10.6. The highest BCUT2D eigenvalue weighted by atomic mass is 35.5. The Morgan fingerprint density at radius 3 is 2.91 bits per heavy atom. The second-order valence-corrected chi connectivity index (χ2v) is 6.54. The molecule has 2 aliphatic rings. The van der Waals surface area contributed by atoms with E-state index in [0.717, 1.165) is 6.54 Å². The molecule has 0 saturated carbocycles. The van der Waals surface area contributed by atoms with Crippen molar-refractivity contribution in [3.63, 3.8) is 0 Å². The Bertz CT molecular complexity index is 608. The Balaban J connectivity index is 1.71. The van der Waals surface area contributed by atoms with Crippen LogP contribution in [0, 0.1) is 0 Å². The Kier molecular flexibility index (Phi) is 4.66. The van der Waals surface area contributed by atoms with Gasteiger partial charge in [-0.05, 0) is 26.0 Å². The minimum absolute atomic E-state index is 0.0613. The molecule has 23 heavy (non-hydrogen) atoms. The molecule has 7 heteroatoms. The summed E-state index contributed by atoms with van der Waals surface area (Å²) in [5.41, 5.74) is 0.510. The molecular weight excluding hydrogens is 320 g/mol. The number of benzene rings is 1. The third kappa shape index (κ3) is 3.39. The number of aliphatic hydroxyl groups is 1. The number of fused-ring (bicyclic) bond motifs is 1. The summed E-state index contributed by atoms with van der Waals surface area (Å²) in [4.78, 5) is 16.7. The second kappa shape index (κ2) is 6.55. The molecule has 3 rings (SSSR count). The molecule has 1 aromatic rings. The van der Waals surface area contributed by atoms with Crippen LogP contribution >= 0.6 is 11.6 Å². The largest absolute Gasteiger partial charge is 0.454 e. The van der Waals surface area contributed by atoms with Gasteiger partial charge in [0.05, 0.1) is 11.1 Å². The number of carbonyl (C=O) groups is 1. The molecule has 2 atom stereocenters. The SMILES string of the molecule is C[C@H](O)CN1CCN(C(=O)c2cc(Cl)c3c(c2)OCO3)C[C@H]1C. The van der Waals surface area contributed by atoms with Crippen LogP contribution in [0.1, 0.15) is 24.2 Å². The van der Waals surface area contributed by atoms with Crippen LogP contribution in [0.4, 0.5) is 0 Å². The van der Waals surface area contributed by atoms with Crippen LogP contribution in [0.15, 0.2) is 12.1 Å². The molecule has 0 unspecified atom stereocenters. The average molecular weight is 341 g/mol. The normalized spacial score (nSPS) is 22.3. The van der Waals surface area contributed by atoms with Crippen molar-refractivity contribution < 1.29 is 19.4 Å². The lowest BCUT2D eigenvalue weighted by Crippen LogP contribution is -2.54. The van der Waals surface area contributed by atoms with Crippen molar-refractivity contribution in [1.82, 2.24) is 9.80 Å². The van der Waals surface area contributed by atoms with E-state index < -0.39 is 0 Å². The fourth-order valence-electron chi connectivity index (χ4n) is 3.06. The van der Waals surface area contributed by atoms with Crippen molar-refractivity contribution in [3.05, 3.63) is 22.7 Å². The van der Waals surface area contributed by atoms with E-state index in [2.05, 4.69) is 11.8 Å². The van der Waals surface area contributed by atoms with E-state index in [-0.39, 0.29) is 24.8 Å². The smallest absolute Gasteiger partial charge is 0.254 e. The van der Waals surface area contributed by atoms with Crippen molar-refractivity contribution in [2.24, 2.45) is 0 Å². The molecule has 1 fully saturated rings. The van der Waals surface area contributed by atoms with Gasteiger partial charge < -0.3 is 19.5 Å². The number of aliphatic hydroxyl groups excluding tert-OH is 1. The van der Waals surface area contributed by atoms with Crippen molar-refractivity contribution in [1.29, 1.82) is 0 Å². The zero-order valence-corrected chi connectivity index (χ0v) is 14.0. The molecule has 0 aliphatic carbocycles. The lowest BCUT2D eigenvalue weighted by Gasteiger charge is -2.40. The first-order valence-corrected chi connectivity index (χ1v) is 8.14.